The van der Waals surface area contributed by atoms with Gasteiger partial charge >= 0.3 is 0 Å². The van der Waals surface area contributed by atoms with Crippen LogP contribution in [0.3, 0.4) is 0 Å². The third-order valence-corrected chi connectivity index (χ3v) is 9.50. The van der Waals surface area contributed by atoms with E-state index in [2.05, 4.69) is 137 Å². The van der Waals surface area contributed by atoms with Crippen molar-refractivity contribution in [1.29, 1.82) is 0 Å². The molecule has 1 atom stereocenters. The third kappa shape index (κ3) is 3.77. The van der Waals surface area contributed by atoms with Crippen LogP contribution in [0.15, 0.2) is 114 Å². The molecular weight excluding hydrogens is 468 g/mol. The van der Waals surface area contributed by atoms with E-state index < -0.39 is 0 Å². The molecule has 0 saturated carbocycles. The van der Waals surface area contributed by atoms with Crippen LogP contribution in [0.25, 0.3) is 0 Å². The van der Waals surface area contributed by atoms with E-state index in [1.54, 1.807) is 5.47 Å². The molecule has 2 aliphatic heterocycles. The Labute approximate surface area is 235 Å². The molecule has 1 unspecified atom stereocenters. The maximum Gasteiger partial charge on any atom is 0.246 e. The summed E-state index contributed by atoms with van der Waals surface area (Å²) in [5.41, 5.74) is 14.5. The Kier molecular flexibility index (Phi) is 5.88. The zero-order valence-corrected chi connectivity index (χ0v) is 23.9. The minimum atomic E-state index is 0.250. The van der Waals surface area contributed by atoms with Gasteiger partial charge < -0.3 is 4.90 Å². The molecule has 4 aliphatic rings. The van der Waals surface area contributed by atoms with Gasteiger partial charge in [-0.2, -0.15) is 0 Å². The Morgan fingerprint density at radius 3 is 2.03 bits per heavy atom. The van der Waals surface area contributed by atoms with Crippen LogP contribution in [-0.4, -0.2) is 13.4 Å². The van der Waals surface area contributed by atoms with Crippen molar-refractivity contribution < 1.29 is 0 Å². The first-order valence-electron chi connectivity index (χ1n) is 14.9. The number of anilines is 2. The first kappa shape index (κ1) is 24.6. The standard InChI is InChI=1S/C36H37B2N/c1-23(2)26-16-19-33-31(21-26)37(28-11-7-6-8-12-28)30-18-15-25(5)35-36(30)39(33)34-20-17-27(24(3)4)22-32(34)38(35)29-13-9-10-14-29/h6-14,16-25,29H,15H2,1-5H3. The summed E-state index contributed by atoms with van der Waals surface area (Å²) in [5.74, 6) is 1.90. The summed E-state index contributed by atoms with van der Waals surface area (Å²) >= 11 is 0. The Morgan fingerprint density at radius 2 is 1.38 bits per heavy atom. The van der Waals surface area contributed by atoms with Crippen molar-refractivity contribution in [1.82, 2.24) is 0 Å². The summed E-state index contributed by atoms with van der Waals surface area (Å²) in [6.45, 7) is 12.3. The van der Waals surface area contributed by atoms with Gasteiger partial charge in [0, 0.05) is 17.1 Å². The molecule has 0 spiro atoms. The lowest BCUT2D eigenvalue weighted by atomic mass is 9.26. The fourth-order valence-corrected chi connectivity index (χ4v) is 7.44. The maximum absolute atomic E-state index is 2.65. The predicted octanol–water partition coefficient (Wildman–Crippen LogP) is 7.20. The predicted molar refractivity (Wildman–Crippen MR) is 171 cm³/mol. The zero-order chi connectivity index (χ0) is 26.8. The lowest BCUT2D eigenvalue weighted by molar-refractivity contribution is 0.699. The highest BCUT2D eigenvalue weighted by atomic mass is 15.2. The summed E-state index contributed by atoms with van der Waals surface area (Å²) in [6.07, 6.45) is 13.0. The number of allylic oxidation sites excluding steroid dienone is 7. The molecule has 3 aromatic rings. The van der Waals surface area contributed by atoms with Gasteiger partial charge in [0.05, 0.1) is 0 Å². The average Bonchev–Trinajstić information content (AvgIpc) is 3.48. The number of benzene rings is 3. The van der Waals surface area contributed by atoms with E-state index in [0.717, 1.165) is 6.42 Å². The highest BCUT2D eigenvalue weighted by Gasteiger charge is 2.48. The topological polar surface area (TPSA) is 3.24 Å². The Bertz CT molecular complexity index is 1560. The van der Waals surface area contributed by atoms with Crippen molar-refractivity contribution >= 4 is 41.2 Å². The number of fused-ring (bicyclic) bond motifs is 4. The summed E-state index contributed by atoms with van der Waals surface area (Å²) in [6, 6.07) is 25.8. The SMILES string of the molecule is CC1CC=C2B(c3ccccc3)c3cc(C(C)C)ccc3N3C2=C1B(C1C=CC=C1)c1cc(C(C)C)ccc13. The van der Waals surface area contributed by atoms with Crippen molar-refractivity contribution in [3.05, 3.63) is 125 Å². The Balaban J connectivity index is 1.56. The van der Waals surface area contributed by atoms with Crippen molar-refractivity contribution in [3.63, 3.8) is 0 Å². The smallest absolute Gasteiger partial charge is 0.246 e. The van der Waals surface area contributed by atoms with Crippen LogP contribution in [0.2, 0.25) is 5.82 Å². The van der Waals surface area contributed by atoms with Crippen molar-refractivity contribution in [2.75, 3.05) is 4.90 Å². The third-order valence-electron chi connectivity index (χ3n) is 9.50. The molecule has 0 bridgehead atoms. The monoisotopic (exact) mass is 505 g/mol. The van der Waals surface area contributed by atoms with Crippen LogP contribution in [0.1, 0.15) is 64.0 Å². The second-order valence-corrected chi connectivity index (χ2v) is 12.5. The van der Waals surface area contributed by atoms with Crippen LogP contribution >= 0.6 is 0 Å². The van der Waals surface area contributed by atoms with Crippen molar-refractivity contribution in [3.8, 4) is 0 Å². The van der Waals surface area contributed by atoms with E-state index in [0.29, 0.717) is 30.3 Å². The maximum atomic E-state index is 2.65. The molecule has 192 valence electrons. The molecular formula is C36H37B2N. The zero-order valence-electron chi connectivity index (χ0n) is 23.9. The molecule has 3 heteroatoms. The van der Waals surface area contributed by atoms with Gasteiger partial charge in [-0.1, -0.05) is 131 Å². The Hall–Kier alpha value is -3.45. The highest BCUT2D eigenvalue weighted by molar-refractivity contribution is 6.94. The van der Waals surface area contributed by atoms with Crippen molar-refractivity contribution in [2.45, 2.75) is 58.7 Å². The minimum Gasteiger partial charge on any atom is -0.313 e. The summed E-state index contributed by atoms with van der Waals surface area (Å²) in [5, 5.41) is 0. The fourth-order valence-electron chi connectivity index (χ4n) is 7.44. The summed E-state index contributed by atoms with van der Waals surface area (Å²) in [4.78, 5) is 2.65. The number of rotatable bonds is 4. The second kappa shape index (κ2) is 9.33. The van der Waals surface area contributed by atoms with Crippen molar-refractivity contribution in [2.24, 2.45) is 5.92 Å². The molecule has 2 aliphatic carbocycles. The molecule has 0 aromatic heterocycles. The van der Waals surface area contributed by atoms with Gasteiger partial charge in [0.15, 0.2) is 0 Å². The van der Waals surface area contributed by atoms with E-state index in [1.807, 2.05) is 0 Å². The van der Waals surface area contributed by atoms with Crippen LogP contribution in [0.4, 0.5) is 11.4 Å². The number of hydrogen-bond donors (Lipinski definition) is 0. The van der Waals surface area contributed by atoms with Crippen LogP contribution in [0.5, 0.6) is 0 Å². The molecule has 0 radical (unpaired) electrons. The molecule has 39 heavy (non-hydrogen) atoms. The molecule has 0 amide bonds. The van der Waals surface area contributed by atoms with Gasteiger partial charge in [0.2, 0.25) is 13.4 Å². The highest BCUT2D eigenvalue weighted by Crippen LogP contribution is 2.49. The summed E-state index contributed by atoms with van der Waals surface area (Å²) in [7, 11) is 0. The molecule has 0 fully saturated rings. The van der Waals surface area contributed by atoms with Crippen LogP contribution in [0, 0.1) is 5.92 Å². The first-order valence-corrected chi connectivity index (χ1v) is 14.9. The average molecular weight is 505 g/mol. The molecule has 1 nitrogen and oxygen atoms in total. The second-order valence-electron chi connectivity index (χ2n) is 12.5. The van der Waals surface area contributed by atoms with Gasteiger partial charge in [0.1, 0.15) is 0 Å². The molecule has 0 saturated heterocycles. The van der Waals surface area contributed by atoms with E-state index >= 15 is 0 Å². The van der Waals surface area contributed by atoms with E-state index in [1.165, 1.54) is 50.1 Å². The minimum absolute atomic E-state index is 0.250. The molecule has 2 heterocycles. The van der Waals surface area contributed by atoms with Gasteiger partial charge in [-0.25, -0.2) is 0 Å². The van der Waals surface area contributed by atoms with E-state index in [9.17, 15) is 0 Å². The van der Waals surface area contributed by atoms with Gasteiger partial charge in [0.25, 0.3) is 0 Å². The van der Waals surface area contributed by atoms with Gasteiger partial charge in [-0.3, -0.25) is 0 Å². The molecule has 0 N–H and O–H groups in total. The lowest BCUT2D eigenvalue weighted by Crippen LogP contribution is -2.57. The normalized spacial score (nSPS) is 19.6. The summed E-state index contributed by atoms with van der Waals surface area (Å²) < 4.78 is 0. The number of hydrogen-bond acceptors (Lipinski definition) is 1. The van der Waals surface area contributed by atoms with Gasteiger partial charge in [-0.15, -0.1) is 0 Å². The van der Waals surface area contributed by atoms with Crippen LogP contribution in [-0.2, 0) is 0 Å². The number of nitrogens with zero attached hydrogens (tertiary/aromatic N) is 1. The quantitative estimate of drug-likeness (QED) is 0.339. The fraction of sp³-hybridized carbons (Fsp3) is 0.278. The first-order chi connectivity index (χ1) is 18.9. The van der Waals surface area contributed by atoms with Crippen LogP contribution < -0.4 is 21.3 Å². The van der Waals surface area contributed by atoms with E-state index in [4.69, 9.17) is 0 Å². The lowest BCUT2D eigenvalue weighted by Gasteiger charge is -2.49. The van der Waals surface area contributed by atoms with E-state index in [-0.39, 0.29) is 6.71 Å². The molecule has 3 aromatic carbocycles. The largest absolute Gasteiger partial charge is 0.313 e. The van der Waals surface area contributed by atoms with Gasteiger partial charge in [-0.05, 0) is 69.6 Å². The Morgan fingerprint density at radius 1 is 0.769 bits per heavy atom. The molecule has 7 rings (SSSR count).